The molecule has 222 valence electrons. The van der Waals surface area contributed by atoms with E-state index in [0.29, 0.717) is 44.7 Å². The highest BCUT2D eigenvalue weighted by molar-refractivity contribution is 5.94. The molecule has 0 radical (unpaired) electrons. The van der Waals surface area contributed by atoms with E-state index in [1.54, 1.807) is 0 Å². The third kappa shape index (κ3) is 8.16. The standard InChI is InChI=1S/C35H44N4O3/c1-35(2,3)32(39(34(42)30-18-11-6-12-19-30)21-13-20-37(22-24-40)23-25-41)33-36-31(29-16-9-5-10-17-29)27-38(33)26-28-14-7-4-8-15-28/h4-12,14-19,27,32,40-41H,13,20-26H2,1-3H3. The zero-order chi connectivity index (χ0) is 30.0. The van der Waals surface area contributed by atoms with Crippen LogP contribution in [0.15, 0.2) is 97.2 Å². The maximum atomic E-state index is 14.3. The lowest BCUT2D eigenvalue weighted by molar-refractivity contribution is 0.0464. The first-order valence-electron chi connectivity index (χ1n) is 14.8. The maximum Gasteiger partial charge on any atom is 0.254 e. The van der Waals surface area contributed by atoms with Gasteiger partial charge >= 0.3 is 0 Å². The Morgan fingerprint density at radius 3 is 1.95 bits per heavy atom. The SMILES string of the molecule is CC(C)(C)C(c1nc(-c2ccccc2)cn1Cc1ccccc1)N(CCCN(CCO)CCO)C(=O)c1ccccc1. The van der Waals surface area contributed by atoms with Crippen LogP contribution in [0, 0.1) is 5.41 Å². The lowest BCUT2D eigenvalue weighted by atomic mass is 9.84. The Balaban J connectivity index is 1.79. The molecule has 0 fully saturated rings. The molecule has 0 bridgehead atoms. The third-order valence-corrected chi connectivity index (χ3v) is 7.44. The highest BCUT2D eigenvalue weighted by atomic mass is 16.3. The van der Waals surface area contributed by atoms with Crippen molar-refractivity contribution in [2.45, 2.75) is 39.8 Å². The minimum absolute atomic E-state index is 0.0243. The first-order valence-corrected chi connectivity index (χ1v) is 14.8. The average Bonchev–Trinajstić information content (AvgIpc) is 3.40. The van der Waals surface area contributed by atoms with Crippen molar-refractivity contribution in [2.75, 3.05) is 39.4 Å². The molecule has 1 aromatic heterocycles. The molecular formula is C35H44N4O3. The van der Waals surface area contributed by atoms with Gasteiger partial charge in [0.1, 0.15) is 5.82 Å². The molecule has 0 saturated carbocycles. The quantitative estimate of drug-likeness (QED) is 0.210. The van der Waals surface area contributed by atoms with Gasteiger partial charge in [0.15, 0.2) is 0 Å². The van der Waals surface area contributed by atoms with Crippen molar-refractivity contribution in [2.24, 2.45) is 5.41 Å². The highest BCUT2D eigenvalue weighted by Crippen LogP contribution is 2.40. The molecule has 1 heterocycles. The molecule has 1 atom stereocenters. The van der Waals surface area contributed by atoms with Crippen LogP contribution in [0.1, 0.15) is 55.0 Å². The molecule has 42 heavy (non-hydrogen) atoms. The zero-order valence-electron chi connectivity index (χ0n) is 25.1. The van der Waals surface area contributed by atoms with Gasteiger partial charge in [-0.05, 0) is 29.5 Å². The molecule has 0 saturated heterocycles. The summed E-state index contributed by atoms with van der Waals surface area (Å²) in [6.45, 7) is 9.30. The molecule has 7 nitrogen and oxygen atoms in total. The monoisotopic (exact) mass is 568 g/mol. The molecular weight excluding hydrogens is 524 g/mol. The molecule has 1 unspecified atom stereocenters. The van der Waals surface area contributed by atoms with E-state index < -0.39 is 0 Å². The number of rotatable bonds is 14. The number of aliphatic hydroxyl groups excluding tert-OH is 2. The number of hydrogen-bond acceptors (Lipinski definition) is 5. The molecule has 0 aliphatic heterocycles. The van der Waals surface area contributed by atoms with E-state index in [4.69, 9.17) is 4.98 Å². The van der Waals surface area contributed by atoms with Crippen LogP contribution in [0.5, 0.6) is 0 Å². The van der Waals surface area contributed by atoms with Gasteiger partial charge in [-0.1, -0.05) is 99.6 Å². The van der Waals surface area contributed by atoms with Crippen molar-refractivity contribution in [3.63, 3.8) is 0 Å². The van der Waals surface area contributed by atoms with Gasteiger partial charge in [0.05, 0.1) is 24.9 Å². The lowest BCUT2D eigenvalue weighted by Gasteiger charge is -2.40. The second-order valence-corrected chi connectivity index (χ2v) is 11.7. The van der Waals surface area contributed by atoms with E-state index in [0.717, 1.165) is 22.6 Å². The van der Waals surface area contributed by atoms with Crippen LogP contribution >= 0.6 is 0 Å². The molecule has 4 rings (SSSR count). The van der Waals surface area contributed by atoms with Gasteiger partial charge in [0.2, 0.25) is 0 Å². The van der Waals surface area contributed by atoms with E-state index in [-0.39, 0.29) is 30.6 Å². The van der Waals surface area contributed by atoms with Crippen molar-refractivity contribution < 1.29 is 15.0 Å². The summed E-state index contributed by atoms with van der Waals surface area (Å²) in [6, 6.07) is 29.6. The van der Waals surface area contributed by atoms with Crippen LogP contribution in [0.2, 0.25) is 0 Å². The van der Waals surface area contributed by atoms with Crippen molar-refractivity contribution in [3.8, 4) is 11.3 Å². The number of aliphatic hydroxyl groups is 2. The zero-order valence-corrected chi connectivity index (χ0v) is 25.1. The fourth-order valence-corrected chi connectivity index (χ4v) is 5.47. The largest absolute Gasteiger partial charge is 0.395 e. The molecule has 0 spiro atoms. The van der Waals surface area contributed by atoms with E-state index in [1.165, 1.54) is 0 Å². The minimum Gasteiger partial charge on any atom is -0.395 e. The van der Waals surface area contributed by atoms with Crippen molar-refractivity contribution in [1.29, 1.82) is 0 Å². The van der Waals surface area contributed by atoms with Crippen LogP contribution in [-0.2, 0) is 6.54 Å². The number of nitrogens with zero attached hydrogens (tertiary/aromatic N) is 4. The van der Waals surface area contributed by atoms with Gasteiger partial charge in [0.25, 0.3) is 5.91 Å². The summed E-state index contributed by atoms with van der Waals surface area (Å²) in [7, 11) is 0. The average molecular weight is 569 g/mol. The summed E-state index contributed by atoms with van der Waals surface area (Å²) in [5, 5.41) is 19.0. The fraction of sp³-hybridized carbons (Fsp3) is 0.371. The molecule has 3 aromatic carbocycles. The van der Waals surface area contributed by atoms with Crippen LogP contribution in [0.4, 0.5) is 0 Å². The van der Waals surface area contributed by atoms with Crippen LogP contribution in [0.3, 0.4) is 0 Å². The Morgan fingerprint density at radius 2 is 1.38 bits per heavy atom. The number of amides is 1. The Hall–Kier alpha value is -3.78. The molecule has 0 aliphatic rings. The maximum absolute atomic E-state index is 14.3. The van der Waals surface area contributed by atoms with E-state index in [2.05, 4.69) is 55.8 Å². The third-order valence-electron chi connectivity index (χ3n) is 7.44. The summed E-state index contributed by atoms with van der Waals surface area (Å²) in [5.41, 5.74) is 3.36. The van der Waals surface area contributed by atoms with Gasteiger partial charge < -0.3 is 19.7 Å². The smallest absolute Gasteiger partial charge is 0.254 e. The van der Waals surface area contributed by atoms with Crippen molar-refractivity contribution in [3.05, 3.63) is 114 Å². The number of aromatic nitrogens is 2. The first kappa shape index (κ1) is 31.2. The first-order chi connectivity index (χ1) is 20.3. The second-order valence-electron chi connectivity index (χ2n) is 11.7. The van der Waals surface area contributed by atoms with Crippen molar-refractivity contribution in [1.82, 2.24) is 19.4 Å². The molecule has 4 aromatic rings. The molecule has 2 N–H and O–H groups in total. The van der Waals surface area contributed by atoms with Gasteiger partial charge in [-0.25, -0.2) is 4.98 Å². The number of carbonyl (C=O) groups excluding carboxylic acids is 1. The lowest BCUT2D eigenvalue weighted by Crippen LogP contribution is -2.44. The Kier molecular flexibility index (Phi) is 11.1. The number of imidazole rings is 1. The Labute approximate surface area is 250 Å². The van der Waals surface area contributed by atoms with Crippen LogP contribution in [-0.4, -0.2) is 74.9 Å². The van der Waals surface area contributed by atoms with Gasteiger partial charge in [0, 0.05) is 50.0 Å². The predicted octanol–water partition coefficient (Wildman–Crippen LogP) is 5.50. The minimum atomic E-state index is -0.339. The number of benzene rings is 3. The second kappa shape index (κ2) is 14.9. The molecule has 7 heteroatoms. The molecule has 0 aliphatic carbocycles. The topological polar surface area (TPSA) is 81.8 Å². The highest BCUT2D eigenvalue weighted by Gasteiger charge is 2.38. The summed E-state index contributed by atoms with van der Waals surface area (Å²) in [6.07, 6.45) is 2.79. The van der Waals surface area contributed by atoms with Crippen molar-refractivity contribution >= 4 is 5.91 Å². The predicted molar refractivity (Wildman–Crippen MR) is 168 cm³/mol. The van der Waals surface area contributed by atoms with Gasteiger partial charge in [-0.15, -0.1) is 0 Å². The normalized spacial score (nSPS) is 12.4. The fourth-order valence-electron chi connectivity index (χ4n) is 5.47. The number of carbonyl (C=O) groups is 1. The van der Waals surface area contributed by atoms with Crippen LogP contribution in [0.25, 0.3) is 11.3 Å². The van der Waals surface area contributed by atoms with Crippen LogP contribution < -0.4 is 0 Å². The summed E-state index contributed by atoms with van der Waals surface area (Å²) in [5.74, 6) is 0.805. The Morgan fingerprint density at radius 1 is 0.810 bits per heavy atom. The number of hydrogen-bond donors (Lipinski definition) is 2. The van der Waals surface area contributed by atoms with E-state index >= 15 is 0 Å². The summed E-state index contributed by atoms with van der Waals surface area (Å²) >= 11 is 0. The van der Waals surface area contributed by atoms with E-state index in [1.807, 2.05) is 76.5 Å². The van der Waals surface area contributed by atoms with Gasteiger partial charge in [-0.3, -0.25) is 9.69 Å². The molecule has 1 amide bonds. The Bertz CT molecular complexity index is 1360. The van der Waals surface area contributed by atoms with Gasteiger partial charge in [-0.2, -0.15) is 0 Å². The van der Waals surface area contributed by atoms with E-state index in [9.17, 15) is 15.0 Å². The summed E-state index contributed by atoms with van der Waals surface area (Å²) < 4.78 is 2.20. The summed E-state index contributed by atoms with van der Waals surface area (Å²) in [4.78, 5) is 23.5.